The Morgan fingerprint density at radius 2 is 1.97 bits per heavy atom. The number of methoxy groups -OCH3 is 1. The van der Waals surface area contributed by atoms with Gasteiger partial charge in [0.1, 0.15) is 5.82 Å². The van der Waals surface area contributed by atoms with Crippen LogP contribution in [-0.4, -0.2) is 39.3 Å². The van der Waals surface area contributed by atoms with Crippen molar-refractivity contribution >= 4 is 39.8 Å². The van der Waals surface area contributed by atoms with Gasteiger partial charge in [-0.05, 0) is 41.8 Å². The SMILES string of the molecule is CCNC(=NCc1ccnc(OC)c1)NCc1cc(F)ccc1CS(C)(=O)=O.I. The molecule has 1 aromatic carbocycles. The molecule has 160 valence electrons. The van der Waals surface area contributed by atoms with Crippen molar-refractivity contribution in [1.29, 1.82) is 0 Å². The number of nitrogens with zero attached hydrogens (tertiary/aromatic N) is 2. The van der Waals surface area contributed by atoms with Crippen molar-refractivity contribution in [2.45, 2.75) is 25.8 Å². The normalized spacial score (nSPS) is 11.5. The van der Waals surface area contributed by atoms with Gasteiger partial charge in [0.15, 0.2) is 15.8 Å². The third-order valence-electron chi connectivity index (χ3n) is 3.80. The Hall–Kier alpha value is -1.95. The molecule has 0 saturated carbocycles. The fourth-order valence-electron chi connectivity index (χ4n) is 2.53. The summed E-state index contributed by atoms with van der Waals surface area (Å²) in [6.07, 6.45) is 2.80. The fraction of sp³-hybridized carbons (Fsp3) is 0.368. The summed E-state index contributed by atoms with van der Waals surface area (Å²) in [5, 5.41) is 6.23. The highest BCUT2D eigenvalue weighted by atomic mass is 127. The first-order valence-electron chi connectivity index (χ1n) is 8.77. The molecule has 29 heavy (non-hydrogen) atoms. The van der Waals surface area contributed by atoms with Gasteiger partial charge in [-0.3, -0.25) is 0 Å². The lowest BCUT2D eigenvalue weighted by Crippen LogP contribution is -2.37. The molecule has 0 atom stereocenters. The van der Waals surface area contributed by atoms with Crippen molar-refractivity contribution in [2.75, 3.05) is 19.9 Å². The Balaban J connectivity index is 0.00000420. The van der Waals surface area contributed by atoms with Gasteiger partial charge in [-0.1, -0.05) is 6.07 Å². The second-order valence-electron chi connectivity index (χ2n) is 6.24. The van der Waals surface area contributed by atoms with E-state index in [4.69, 9.17) is 4.74 Å². The van der Waals surface area contributed by atoms with Crippen molar-refractivity contribution in [3.8, 4) is 5.88 Å². The number of sulfone groups is 1. The first-order valence-corrected chi connectivity index (χ1v) is 10.8. The number of pyridine rings is 1. The van der Waals surface area contributed by atoms with E-state index in [1.54, 1.807) is 19.4 Å². The Bertz CT molecular complexity index is 939. The summed E-state index contributed by atoms with van der Waals surface area (Å²) < 4.78 is 42.0. The molecule has 10 heteroatoms. The zero-order chi connectivity index (χ0) is 20.6. The number of guanidine groups is 1. The number of hydrogen-bond donors (Lipinski definition) is 2. The third kappa shape index (κ3) is 8.94. The molecule has 0 saturated heterocycles. The smallest absolute Gasteiger partial charge is 0.213 e. The summed E-state index contributed by atoms with van der Waals surface area (Å²) in [7, 11) is -1.68. The third-order valence-corrected chi connectivity index (χ3v) is 4.64. The quantitative estimate of drug-likeness (QED) is 0.306. The van der Waals surface area contributed by atoms with Gasteiger partial charge in [0.2, 0.25) is 5.88 Å². The molecule has 2 N–H and O–H groups in total. The molecule has 1 heterocycles. The minimum Gasteiger partial charge on any atom is -0.481 e. The Labute approximate surface area is 188 Å². The molecule has 0 aliphatic carbocycles. The highest BCUT2D eigenvalue weighted by Gasteiger charge is 2.11. The zero-order valence-corrected chi connectivity index (χ0v) is 19.8. The Morgan fingerprint density at radius 3 is 2.62 bits per heavy atom. The molecule has 7 nitrogen and oxygen atoms in total. The number of aliphatic imine (C=N–C) groups is 1. The monoisotopic (exact) mass is 536 g/mol. The van der Waals surface area contributed by atoms with Crippen LogP contribution in [-0.2, 0) is 28.7 Å². The van der Waals surface area contributed by atoms with Crippen LogP contribution in [0.25, 0.3) is 0 Å². The second-order valence-corrected chi connectivity index (χ2v) is 8.38. The average Bonchev–Trinajstić information content (AvgIpc) is 2.65. The van der Waals surface area contributed by atoms with Gasteiger partial charge in [-0.25, -0.2) is 22.8 Å². The molecule has 0 bridgehead atoms. The zero-order valence-electron chi connectivity index (χ0n) is 16.6. The summed E-state index contributed by atoms with van der Waals surface area (Å²) in [6.45, 7) is 3.22. The molecule has 0 aliphatic rings. The molecular weight excluding hydrogens is 510 g/mol. The predicted molar refractivity (Wildman–Crippen MR) is 123 cm³/mol. The number of hydrogen-bond acceptors (Lipinski definition) is 5. The molecule has 2 rings (SSSR count). The van der Waals surface area contributed by atoms with Crippen LogP contribution in [0.1, 0.15) is 23.6 Å². The van der Waals surface area contributed by atoms with E-state index in [-0.39, 0.29) is 36.3 Å². The van der Waals surface area contributed by atoms with Crippen LogP contribution in [0.2, 0.25) is 0 Å². The van der Waals surface area contributed by atoms with Crippen molar-refractivity contribution in [2.24, 2.45) is 4.99 Å². The molecule has 0 spiro atoms. The van der Waals surface area contributed by atoms with E-state index >= 15 is 0 Å². The Kier molecular flexibility index (Phi) is 10.3. The molecule has 0 fully saturated rings. The molecular formula is C19H26FIN4O3S. The highest BCUT2D eigenvalue weighted by molar-refractivity contribution is 14.0. The lowest BCUT2D eigenvalue weighted by Gasteiger charge is -2.14. The molecule has 0 radical (unpaired) electrons. The maximum absolute atomic E-state index is 13.7. The predicted octanol–water partition coefficient (Wildman–Crippen LogP) is 2.65. The van der Waals surface area contributed by atoms with E-state index in [1.807, 2.05) is 13.0 Å². The van der Waals surface area contributed by atoms with Crippen LogP contribution in [0.15, 0.2) is 41.5 Å². The summed E-state index contributed by atoms with van der Waals surface area (Å²) in [4.78, 5) is 8.56. The van der Waals surface area contributed by atoms with E-state index in [1.165, 1.54) is 18.2 Å². The van der Waals surface area contributed by atoms with E-state index in [2.05, 4.69) is 20.6 Å². The topological polar surface area (TPSA) is 92.7 Å². The van der Waals surface area contributed by atoms with Crippen LogP contribution in [0, 0.1) is 5.82 Å². The molecule has 0 unspecified atom stereocenters. The van der Waals surface area contributed by atoms with Crippen molar-refractivity contribution in [3.63, 3.8) is 0 Å². The van der Waals surface area contributed by atoms with Gasteiger partial charge < -0.3 is 15.4 Å². The number of halogens is 2. The van der Waals surface area contributed by atoms with Crippen LogP contribution in [0.4, 0.5) is 4.39 Å². The van der Waals surface area contributed by atoms with Crippen LogP contribution in [0.5, 0.6) is 5.88 Å². The fourth-order valence-corrected chi connectivity index (χ4v) is 3.38. The first-order chi connectivity index (χ1) is 13.3. The second kappa shape index (κ2) is 11.9. The largest absolute Gasteiger partial charge is 0.481 e. The summed E-state index contributed by atoms with van der Waals surface area (Å²) in [6, 6.07) is 7.74. The highest BCUT2D eigenvalue weighted by Crippen LogP contribution is 2.14. The van der Waals surface area contributed by atoms with Gasteiger partial charge in [0, 0.05) is 31.6 Å². The number of benzene rings is 1. The van der Waals surface area contributed by atoms with Crippen LogP contribution in [0.3, 0.4) is 0 Å². The van der Waals surface area contributed by atoms with Crippen LogP contribution >= 0.6 is 24.0 Å². The van der Waals surface area contributed by atoms with Crippen molar-refractivity contribution in [1.82, 2.24) is 15.6 Å². The minimum atomic E-state index is -3.23. The van der Waals surface area contributed by atoms with Crippen LogP contribution < -0.4 is 15.4 Å². The van der Waals surface area contributed by atoms with Crippen molar-refractivity contribution in [3.05, 3.63) is 59.0 Å². The van der Waals surface area contributed by atoms with Gasteiger partial charge in [-0.2, -0.15) is 0 Å². The van der Waals surface area contributed by atoms with E-state index in [0.29, 0.717) is 36.1 Å². The van der Waals surface area contributed by atoms with Gasteiger partial charge in [-0.15, -0.1) is 24.0 Å². The lowest BCUT2D eigenvalue weighted by atomic mass is 10.1. The van der Waals surface area contributed by atoms with Crippen molar-refractivity contribution < 1.29 is 17.5 Å². The van der Waals surface area contributed by atoms with E-state index in [0.717, 1.165) is 11.8 Å². The number of aromatic nitrogens is 1. The molecule has 0 aliphatic heterocycles. The summed E-state index contributed by atoms with van der Waals surface area (Å²) >= 11 is 0. The van der Waals surface area contributed by atoms with Gasteiger partial charge in [0.05, 0.1) is 19.4 Å². The molecule has 0 amide bonds. The maximum Gasteiger partial charge on any atom is 0.213 e. The number of ether oxygens (including phenoxy) is 1. The van der Waals surface area contributed by atoms with E-state index in [9.17, 15) is 12.8 Å². The first kappa shape index (κ1) is 25.1. The summed E-state index contributed by atoms with van der Waals surface area (Å²) in [5.74, 6) is 0.484. The van der Waals surface area contributed by atoms with E-state index < -0.39 is 15.7 Å². The lowest BCUT2D eigenvalue weighted by molar-refractivity contribution is 0.397. The van der Waals surface area contributed by atoms with Gasteiger partial charge >= 0.3 is 0 Å². The Morgan fingerprint density at radius 1 is 1.21 bits per heavy atom. The average molecular weight is 536 g/mol. The van der Waals surface area contributed by atoms with Gasteiger partial charge in [0.25, 0.3) is 0 Å². The minimum absolute atomic E-state index is 0. The summed E-state index contributed by atoms with van der Waals surface area (Å²) in [5.41, 5.74) is 2.06. The number of rotatable bonds is 8. The standard InChI is InChI=1S/C19H25FN4O3S.HI/c1-4-21-19(23-11-14-7-8-22-18(9-14)27-2)24-12-16-10-17(20)6-5-15(16)13-28(3,25)26;/h5-10H,4,11-13H2,1-3H3,(H2,21,23,24);1H. The maximum atomic E-state index is 13.7. The molecule has 2 aromatic rings. The number of nitrogens with one attached hydrogen (secondary N) is 2. The molecule has 1 aromatic heterocycles.